The van der Waals surface area contributed by atoms with Gasteiger partial charge in [-0.05, 0) is 86.3 Å². The van der Waals surface area contributed by atoms with E-state index in [9.17, 15) is 37.5 Å². The summed E-state index contributed by atoms with van der Waals surface area (Å²) in [5.41, 5.74) is 13.5. The number of imidazole rings is 1. The van der Waals surface area contributed by atoms with Gasteiger partial charge in [0, 0.05) is 39.4 Å². The summed E-state index contributed by atoms with van der Waals surface area (Å²) in [6.45, 7) is 0.923. The van der Waals surface area contributed by atoms with Gasteiger partial charge in [-0.3, -0.25) is 38.4 Å². The predicted octanol–water partition coefficient (Wildman–Crippen LogP) is 1.48. The molecule has 5 rings (SSSR count). The number of fused-ring (bicyclic) bond motifs is 1. The van der Waals surface area contributed by atoms with Crippen molar-refractivity contribution in [2.24, 2.45) is 24.4 Å². The highest BCUT2D eigenvalue weighted by Crippen LogP contribution is 2.27. The van der Waals surface area contributed by atoms with Crippen molar-refractivity contribution in [1.29, 1.82) is 0 Å². The van der Waals surface area contributed by atoms with Gasteiger partial charge in [0.25, 0.3) is 0 Å². The fraction of sp³-hybridized carbons (Fsp3) is 0.486. The second-order valence-corrected chi connectivity index (χ2v) is 13.3. The van der Waals surface area contributed by atoms with Gasteiger partial charge in [0.2, 0.25) is 29.5 Å². The number of primary amides is 1. The van der Waals surface area contributed by atoms with Crippen molar-refractivity contribution in [3.8, 4) is 0 Å². The van der Waals surface area contributed by atoms with E-state index >= 15 is 0 Å². The molecule has 1 unspecified atom stereocenters. The minimum atomic E-state index is -1.08. The molecule has 3 atom stereocenters. The molecule has 2 saturated heterocycles. The van der Waals surface area contributed by atoms with Crippen LogP contribution in [0.2, 0.25) is 0 Å². The second-order valence-electron chi connectivity index (χ2n) is 13.3. The van der Waals surface area contributed by atoms with E-state index in [0.29, 0.717) is 35.6 Å². The van der Waals surface area contributed by atoms with E-state index < -0.39 is 47.5 Å². The minimum absolute atomic E-state index is 0.000263. The summed E-state index contributed by atoms with van der Waals surface area (Å²) in [4.78, 5) is 76.4. The van der Waals surface area contributed by atoms with Crippen LogP contribution in [0.15, 0.2) is 41.2 Å². The summed E-state index contributed by atoms with van der Waals surface area (Å²) in [6, 6.07) is 6.18. The third kappa shape index (κ3) is 8.44. The molecule has 2 aromatic carbocycles. The molecule has 2 aliphatic rings. The number of carbonyl (C=O) groups excluding carboxylic acids is 5. The fourth-order valence-corrected chi connectivity index (χ4v) is 6.86. The van der Waals surface area contributed by atoms with E-state index in [-0.39, 0.29) is 49.6 Å². The van der Waals surface area contributed by atoms with Gasteiger partial charge in [0.15, 0.2) is 11.6 Å². The number of hydrogen-bond donors (Lipinski definition) is 4. The molecule has 0 aliphatic carbocycles. The molecule has 0 spiro atoms. The van der Waals surface area contributed by atoms with Crippen LogP contribution in [-0.4, -0.2) is 68.7 Å². The van der Waals surface area contributed by atoms with Crippen molar-refractivity contribution in [3.63, 3.8) is 0 Å². The van der Waals surface area contributed by atoms with Crippen LogP contribution in [-0.2, 0) is 43.9 Å². The zero-order valence-electron chi connectivity index (χ0n) is 28.0. The number of benzene rings is 2. The van der Waals surface area contributed by atoms with Crippen molar-refractivity contribution in [3.05, 3.63) is 69.6 Å². The van der Waals surface area contributed by atoms with Gasteiger partial charge in [0.1, 0.15) is 12.1 Å². The zero-order chi connectivity index (χ0) is 36.1. The van der Waals surface area contributed by atoms with Crippen molar-refractivity contribution >= 4 is 40.6 Å². The molecule has 5 amide bonds. The Morgan fingerprint density at radius 3 is 2.38 bits per heavy atom. The average Bonchev–Trinajstić information content (AvgIpc) is 3.33. The minimum Gasteiger partial charge on any atom is -0.370 e. The van der Waals surface area contributed by atoms with Crippen molar-refractivity contribution in [1.82, 2.24) is 24.7 Å². The molecule has 0 saturated carbocycles. The van der Waals surface area contributed by atoms with Gasteiger partial charge < -0.3 is 21.7 Å². The number of carbonyl (C=O) groups is 5. The maximum atomic E-state index is 13.9. The highest BCUT2D eigenvalue weighted by atomic mass is 19.2. The summed E-state index contributed by atoms with van der Waals surface area (Å²) < 4.78 is 30.5. The number of nitrogens with one attached hydrogen (secondary N) is 2. The molecule has 3 aromatic rings. The number of amides is 5. The number of imide groups is 1. The number of likely N-dealkylation sites (tertiary alicyclic amines) is 1. The Bertz CT molecular complexity index is 1850. The van der Waals surface area contributed by atoms with Gasteiger partial charge in [-0.2, -0.15) is 0 Å². The number of piperidine rings is 2. The second kappa shape index (κ2) is 15.7. The molecule has 50 heavy (non-hydrogen) atoms. The standard InChI is InChI=1S/C35H43F2N7O6/c1-42-29-19-21(6-9-27(29)44(35(42)50)28-10-12-31(46)41-33(28)48)4-2-3-20-13-15-43(16-14-20)34(49)26(18-22-5-7-23(36)24(37)17-22)40-32(47)25(38)8-11-30(39)45/h5-7,9,17,19-20,25-26,28H,2-4,8,10-16,18,38H2,1H3,(H2,39,45)(H,40,47)(H,41,46,48)/t25-,26-,28?/m0/s1. The molecule has 0 bridgehead atoms. The molecule has 15 heteroatoms. The van der Waals surface area contributed by atoms with E-state index in [1.807, 2.05) is 18.2 Å². The Kier molecular flexibility index (Phi) is 11.5. The van der Waals surface area contributed by atoms with Crippen LogP contribution < -0.4 is 27.8 Å². The number of hydrogen-bond acceptors (Lipinski definition) is 7. The Morgan fingerprint density at radius 1 is 0.980 bits per heavy atom. The van der Waals surface area contributed by atoms with E-state index in [1.165, 1.54) is 15.2 Å². The third-order valence-corrected chi connectivity index (χ3v) is 9.76. The van der Waals surface area contributed by atoms with Gasteiger partial charge >= 0.3 is 5.69 Å². The highest BCUT2D eigenvalue weighted by molar-refractivity contribution is 6.00. The number of nitrogens with two attached hydrogens (primary N) is 2. The third-order valence-electron chi connectivity index (χ3n) is 9.76. The topological polar surface area (TPSA) is 192 Å². The molecule has 0 radical (unpaired) electrons. The SMILES string of the molecule is Cn1c(=O)n(C2CCC(=O)NC2=O)c2ccc(CCCC3CCN(C(=O)[C@H](Cc4ccc(F)c(F)c4)NC(=O)[C@@H](N)CCC(N)=O)CC3)cc21. The average molecular weight is 696 g/mol. The van der Waals surface area contributed by atoms with Crippen molar-refractivity contribution in [2.45, 2.75) is 82.3 Å². The summed E-state index contributed by atoms with van der Waals surface area (Å²) in [7, 11) is 1.66. The lowest BCUT2D eigenvalue weighted by molar-refractivity contribution is -0.138. The first-order valence-corrected chi connectivity index (χ1v) is 16.9. The van der Waals surface area contributed by atoms with Crippen LogP contribution in [0, 0.1) is 17.6 Å². The molecule has 2 aliphatic heterocycles. The summed E-state index contributed by atoms with van der Waals surface area (Å²) in [5, 5.41) is 4.97. The first kappa shape index (κ1) is 36.4. The number of rotatable bonds is 13. The lowest BCUT2D eigenvalue weighted by Crippen LogP contribution is -2.54. The van der Waals surface area contributed by atoms with Crippen LogP contribution in [0.25, 0.3) is 11.0 Å². The lowest BCUT2D eigenvalue weighted by Gasteiger charge is -2.35. The largest absolute Gasteiger partial charge is 0.370 e. The molecule has 2 fully saturated rings. The number of halogens is 2. The maximum absolute atomic E-state index is 13.9. The number of nitrogens with zero attached hydrogens (tertiary/aromatic N) is 3. The summed E-state index contributed by atoms with van der Waals surface area (Å²) in [5.74, 6) is -4.15. The van der Waals surface area contributed by atoms with Crippen LogP contribution in [0.3, 0.4) is 0 Å². The Balaban J connectivity index is 1.17. The molecule has 6 N–H and O–H groups in total. The maximum Gasteiger partial charge on any atom is 0.329 e. The smallest absolute Gasteiger partial charge is 0.329 e. The Morgan fingerprint density at radius 2 is 1.70 bits per heavy atom. The van der Waals surface area contributed by atoms with Crippen LogP contribution in [0.1, 0.15) is 68.5 Å². The zero-order valence-corrected chi connectivity index (χ0v) is 28.0. The lowest BCUT2D eigenvalue weighted by atomic mass is 9.90. The molecular formula is C35H43F2N7O6. The Labute approximate surface area is 287 Å². The first-order valence-electron chi connectivity index (χ1n) is 16.9. The molecule has 268 valence electrons. The van der Waals surface area contributed by atoms with E-state index in [1.54, 1.807) is 11.9 Å². The van der Waals surface area contributed by atoms with E-state index in [0.717, 1.165) is 49.8 Å². The highest BCUT2D eigenvalue weighted by Gasteiger charge is 2.32. The summed E-state index contributed by atoms with van der Waals surface area (Å²) >= 11 is 0. The molecule has 13 nitrogen and oxygen atoms in total. The van der Waals surface area contributed by atoms with Crippen LogP contribution in [0.5, 0.6) is 0 Å². The molecular weight excluding hydrogens is 652 g/mol. The normalized spacial score (nSPS) is 18.2. The predicted molar refractivity (Wildman–Crippen MR) is 179 cm³/mol. The number of aryl methyl sites for hydroxylation is 2. The van der Waals surface area contributed by atoms with Gasteiger partial charge in [-0.25, -0.2) is 13.6 Å². The van der Waals surface area contributed by atoms with Crippen LogP contribution >= 0.6 is 0 Å². The van der Waals surface area contributed by atoms with Crippen molar-refractivity contribution in [2.75, 3.05) is 13.1 Å². The summed E-state index contributed by atoms with van der Waals surface area (Å²) in [6.07, 6.45) is 4.33. The first-order chi connectivity index (χ1) is 23.8. The van der Waals surface area contributed by atoms with Crippen LogP contribution in [0.4, 0.5) is 8.78 Å². The Hall–Kier alpha value is -4.92. The van der Waals surface area contributed by atoms with Gasteiger partial charge in [-0.15, -0.1) is 0 Å². The molecule has 1 aromatic heterocycles. The van der Waals surface area contributed by atoms with E-state index in [4.69, 9.17) is 11.5 Å². The monoisotopic (exact) mass is 695 g/mol. The quantitative estimate of drug-likeness (QED) is 0.195. The number of aromatic nitrogens is 2. The van der Waals surface area contributed by atoms with Gasteiger partial charge in [0.05, 0.1) is 17.1 Å². The van der Waals surface area contributed by atoms with Crippen molar-refractivity contribution < 1.29 is 32.8 Å². The van der Waals surface area contributed by atoms with Gasteiger partial charge in [-0.1, -0.05) is 12.1 Å². The fourth-order valence-electron chi connectivity index (χ4n) is 6.86. The molecule has 3 heterocycles. The van der Waals surface area contributed by atoms with E-state index in [2.05, 4.69) is 10.6 Å².